The third-order valence-electron chi connectivity index (χ3n) is 2.99. The van der Waals surface area contributed by atoms with Gasteiger partial charge in [0.1, 0.15) is 0 Å². The van der Waals surface area contributed by atoms with Gasteiger partial charge in [0.25, 0.3) is 0 Å². The van der Waals surface area contributed by atoms with E-state index in [1.165, 1.54) is 31.5 Å². The predicted molar refractivity (Wildman–Crippen MR) is 61.5 cm³/mol. The normalized spacial score (nSPS) is 23.4. The fraction of sp³-hybridized carbons (Fsp3) is 0.583. The standard InChI is InChI=1S/C12H18BN/c1-11-4-3-7-14(9-11)10-12-5-2-6-13-8-12/h2,5-6,8,11H,3-4,7,9-10H2,1H3. The first-order valence-corrected chi connectivity index (χ1v) is 5.61. The van der Waals surface area contributed by atoms with E-state index in [1.54, 1.807) is 0 Å². The molecule has 1 aliphatic heterocycles. The van der Waals surface area contributed by atoms with Gasteiger partial charge in [-0.25, -0.2) is 0 Å². The van der Waals surface area contributed by atoms with E-state index in [0.717, 1.165) is 12.5 Å². The molecule has 0 aliphatic carbocycles. The number of piperidine rings is 1. The fourth-order valence-electron chi connectivity index (χ4n) is 2.27. The molecule has 14 heavy (non-hydrogen) atoms. The summed E-state index contributed by atoms with van der Waals surface area (Å²) in [6, 6.07) is 4.35. The summed E-state index contributed by atoms with van der Waals surface area (Å²) in [6.07, 6.45) is 2.78. The molecule has 0 radical (unpaired) electrons. The number of likely N-dealkylation sites (tertiary alicyclic amines) is 1. The molecule has 1 nitrogen and oxygen atoms in total. The number of hydrogen-bond donors (Lipinski definition) is 0. The van der Waals surface area contributed by atoms with Crippen molar-refractivity contribution in [3.8, 4) is 0 Å². The molecule has 0 aromatic carbocycles. The summed E-state index contributed by atoms with van der Waals surface area (Å²) in [5, 5.41) is 0. The van der Waals surface area contributed by atoms with Crippen molar-refractivity contribution >= 4 is 6.91 Å². The van der Waals surface area contributed by atoms with Crippen molar-refractivity contribution in [2.45, 2.75) is 26.3 Å². The SMILES string of the molecule is CC1CCCN(Cc2cbccc2)C1. The van der Waals surface area contributed by atoms with Crippen molar-refractivity contribution in [1.82, 2.24) is 4.90 Å². The molecule has 1 saturated heterocycles. The van der Waals surface area contributed by atoms with Crippen molar-refractivity contribution in [2.24, 2.45) is 5.92 Å². The van der Waals surface area contributed by atoms with E-state index < -0.39 is 0 Å². The van der Waals surface area contributed by atoms with Crippen LogP contribution in [0, 0.1) is 5.92 Å². The summed E-state index contributed by atoms with van der Waals surface area (Å²) < 4.78 is 0. The van der Waals surface area contributed by atoms with Gasteiger partial charge in [-0.3, -0.25) is 0 Å². The molecule has 0 saturated carbocycles. The molecule has 1 unspecified atom stereocenters. The zero-order valence-corrected chi connectivity index (χ0v) is 8.95. The van der Waals surface area contributed by atoms with Crippen LogP contribution in [0.3, 0.4) is 0 Å². The quantitative estimate of drug-likeness (QED) is 0.686. The van der Waals surface area contributed by atoms with Crippen molar-refractivity contribution in [3.05, 3.63) is 29.6 Å². The Morgan fingerprint density at radius 2 is 2.50 bits per heavy atom. The van der Waals surface area contributed by atoms with Crippen LogP contribution in [0.4, 0.5) is 0 Å². The van der Waals surface area contributed by atoms with Crippen LogP contribution in [0.5, 0.6) is 0 Å². The number of nitrogens with zero attached hydrogens (tertiary/aromatic N) is 1. The van der Waals surface area contributed by atoms with Gasteiger partial charge in [-0.15, -0.1) is 0 Å². The Hall–Kier alpha value is -0.625. The first-order chi connectivity index (χ1) is 6.84. The van der Waals surface area contributed by atoms with Crippen molar-refractivity contribution < 1.29 is 0 Å². The van der Waals surface area contributed by atoms with Gasteiger partial charge >= 0.3 is 86.7 Å². The molecule has 1 fully saturated rings. The molecule has 1 aliphatic rings. The van der Waals surface area contributed by atoms with E-state index in [-0.39, 0.29) is 0 Å². The van der Waals surface area contributed by atoms with Gasteiger partial charge in [0.05, 0.1) is 0 Å². The first kappa shape index (κ1) is 9.91. The topological polar surface area (TPSA) is 3.24 Å². The van der Waals surface area contributed by atoms with E-state index in [9.17, 15) is 0 Å². The minimum atomic E-state index is 0.882. The second-order valence-electron chi connectivity index (χ2n) is 4.47. The van der Waals surface area contributed by atoms with E-state index in [4.69, 9.17) is 0 Å². The first-order valence-electron chi connectivity index (χ1n) is 5.61. The van der Waals surface area contributed by atoms with Crippen LogP contribution < -0.4 is 0 Å². The molecule has 1 aromatic rings. The van der Waals surface area contributed by atoms with E-state index in [2.05, 4.69) is 42.8 Å². The summed E-state index contributed by atoms with van der Waals surface area (Å²) >= 11 is 0. The summed E-state index contributed by atoms with van der Waals surface area (Å²) in [5.74, 6) is 5.19. The van der Waals surface area contributed by atoms with Gasteiger partial charge < -0.3 is 0 Å². The van der Waals surface area contributed by atoms with Crippen LogP contribution in [0.15, 0.2) is 24.1 Å². The molecule has 0 spiro atoms. The Morgan fingerprint density at radius 3 is 3.21 bits per heavy atom. The van der Waals surface area contributed by atoms with Crippen LogP contribution in [0.2, 0.25) is 0 Å². The van der Waals surface area contributed by atoms with Gasteiger partial charge in [0, 0.05) is 0 Å². The molecular formula is C12H18BN. The zero-order valence-electron chi connectivity index (χ0n) is 8.95. The zero-order chi connectivity index (χ0) is 9.80. The monoisotopic (exact) mass is 187 g/mol. The van der Waals surface area contributed by atoms with Crippen LogP contribution in [-0.2, 0) is 6.54 Å². The Labute approximate surface area is 87.3 Å². The van der Waals surface area contributed by atoms with Gasteiger partial charge in [0.15, 0.2) is 0 Å². The Balaban J connectivity index is 1.91. The molecule has 2 rings (SSSR count). The van der Waals surface area contributed by atoms with Crippen LogP contribution in [0.25, 0.3) is 0 Å². The molecule has 0 N–H and O–H groups in total. The average Bonchev–Trinajstić information content (AvgIpc) is 2.19. The van der Waals surface area contributed by atoms with Crippen molar-refractivity contribution in [2.75, 3.05) is 13.1 Å². The summed E-state index contributed by atoms with van der Waals surface area (Å²) in [4.78, 5) is 2.57. The molecule has 2 heteroatoms. The second-order valence-corrected chi connectivity index (χ2v) is 4.47. The van der Waals surface area contributed by atoms with Crippen molar-refractivity contribution in [3.63, 3.8) is 0 Å². The number of rotatable bonds is 2. The van der Waals surface area contributed by atoms with Crippen molar-refractivity contribution in [1.29, 1.82) is 0 Å². The van der Waals surface area contributed by atoms with E-state index >= 15 is 0 Å². The molecule has 2 heterocycles. The second kappa shape index (κ2) is 4.74. The third kappa shape index (κ3) is 2.68. The Kier molecular flexibility index (Phi) is 3.36. The van der Waals surface area contributed by atoms with Gasteiger partial charge in [-0.05, 0) is 0 Å². The molecule has 1 atom stereocenters. The van der Waals surface area contributed by atoms with E-state index in [1.807, 2.05) is 0 Å². The van der Waals surface area contributed by atoms with Gasteiger partial charge in [-0.1, -0.05) is 0 Å². The third-order valence-corrected chi connectivity index (χ3v) is 2.99. The maximum absolute atomic E-state index is 2.57. The van der Waals surface area contributed by atoms with Crippen LogP contribution >= 0.6 is 0 Å². The van der Waals surface area contributed by atoms with Gasteiger partial charge in [-0.2, -0.15) is 0 Å². The van der Waals surface area contributed by atoms with Crippen LogP contribution in [0.1, 0.15) is 25.3 Å². The van der Waals surface area contributed by atoms with Crippen LogP contribution in [-0.4, -0.2) is 24.9 Å². The minimum absolute atomic E-state index is 0.882. The molecule has 0 amide bonds. The maximum atomic E-state index is 2.57. The Morgan fingerprint density at radius 1 is 1.57 bits per heavy atom. The molecule has 1 aromatic heterocycles. The molecule has 0 bridgehead atoms. The Bertz CT molecular complexity index is 273. The summed E-state index contributed by atoms with van der Waals surface area (Å²) in [6.45, 7) is 8.17. The van der Waals surface area contributed by atoms with E-state index in [0.29, 0.717) is 0 Å². The average molecular weight is 187 g/mol. The fourth-order valence-corrected chi connectivity index (χ4v) is 2.27. The predicted octanol–water partition coefficient (Wildman–Crippen LogP) is 2.26. The number of hydrogen-bond acceptors (Lipinski definition) is 1. The molecule has 74 valence electrons. The summed E-state index contributed by atoms with van der Waals surface area (Å²) in [5.41, 5.74) is 1.45. The summed E-state index contributed by atoms with van der Waals surface area (Å²) in [7, 11) is 0. The molecular weight excluding hydrogens is 169 g/mol. The van der Waals surface area contributed by atoms with Gasteiger partial charge in [0.2, 0.25) is 0 Å².